The Kier molecular flexibility index (Phi) is 5.37. The molecule has 2 aliphatic rings. The van der Waals surface area contributed by atoms with Crippen molar-refractivity contribution in [3.63, 3.8) is 0 Å². The molecule has 1 N–H and O–H groups in total. The van der Waals surface area contributed by atoms with Gasteiger partial charge in [-0.15, -0.1) is 0 Å². The van der Waals surface area contributed by atoms with Crippen LogP contribution in [0.2, 0.25) is 0 Å². The number of carbonyl (C=O) groups is 1. The Labute approximate surface area is 140 Å². The number of fused-ring (bicyclic) bond motifs is 1. The van der Waals surface area contributed by atoms with Crippen molar-refractivity contribution in [3.8, 4) is 0 Å². The van der Waals surface area contributed by atoms with Gasteiger partial charge < -0.3 is 5.32 Å². The number of likely N-dealkylation sites (N-methyl/N-ethyl adjacent to an activating group) is 1. The van der Waals surface area contributed by atoms with Gasteiger partial charge in [0.15, 0.2) is 0 Å². The minimum Gasteiger partial charge on any atom is -0.352 e. The number of hydrogen-bond acceptors (Lipinski definition) is 2. The summed E-state index contributed by atoms with van der Waals surface area (Å²) in [6, 6.07) is 9.47. The molecule has 1 aromatic carbocycles. The average Bonchev–Trinajstić information content (AvgIpc) is 2.56. The lowest BCUT2D eigenvalue weighted by Crippen LogP contribution is -2.45. The van der Waals surface area contributed by atoms with Gasteiger partial charge in [-0.05, 0) is 56.2 Å². The van der Waals surface area contributed by atoms with Crippen LogP contribution in [0.15, 0.2) is 24.3 Å². The van der Waals surface area contributed by atoms with E-state index in [0.717, 1.165) is 12.8 Å². The van der Waals surface area contributed by atoms with Gasteiger partial charge in [0.05, 0.1) is 6.54 Å². The van der Waals surface area contributed by atoms with Crippen LogP contribution in [0.5, 0.6) is 0 Å². The van der Waals surface area contributed by atoms with Crippen molar-refractivity contribution in [1.29, 1.82) is 0 Å². The fraction of sp³-hybridized carbons (Fsp3) is 0.650. The second-order valence-corrected chi connectivity index (χ2v) is 7.46. The van der Waals surface area contributed by atoms with E-state index in [-0.39, 0.29) is 5.91 Å². The van der Waals surface area contributed by atoms with Crippen molar-refractivity contribution in [1.82, 2.24) is 10.2 Å². The summed E-state index contributed by atoms with van der Waals surface area (Å²) in [6.07, 6.45) is 8.49. The van der Waals surface area contributed by atoms with Gasteiger partial charge in [0.1, 0.15) is 0 Å². The Morgan fingerprint density at radius 3 is 2.78 bits per heavy atom. The second kappa shape index (κ2) is 7.48. The highest BCUT2D eigenvalue weighted by molar-refractivity contribution is 5.78. The minimum atomic E-state index is 0.189. The minimum absolute atomic E-state index is 0.189. The molecule has 0 saturated heterocycles. The van der Waals surface area contributed by atoms with Crippen LogP contribution in [-0.2, 0) is 11.2 Å². The molecule has 1 saturated carbocycles. The van der Waals surface area contributed by atoms with Crippen molar-refractivity contribution in [2.24, 2.45) is 5.92 Å². The maximum atomic E-state index is 12.5. The van der Waals surface area contributed by atoms with Crippen LogP contribution in [0.3, 0.4) is 0 Å². The zero-order valence-electron chi connectivity index (χ0n) is 14.6. The van der Waals surface area contributed by atoms with Crippen LogP contribution < -0.4 is 5.32 Å². The average molecular weight is 314 g/mol. The standard InChI is InChI=1S/C20H30N2O/c1-15-8-3-6-12-18(15)21-20(23)14-22(2)19-13-7-10-16-9-4-5-11-17(16)19/h4-5,9,11,15,18-19H,3,6-8,10,12-14H2,1-2H3,(H,21,23)/t15-,18-,19+/m0/s1. The van der Waals surface area contributed by atoms with E-state index >= 15 is 0 Å². The Morgan fingerprint density at radius 2 is 1.96 bits per heavy atom. The molecule has 1 aromatic rings. The highest BCUT2D eigenvalue weighted by atomic mass is 16.2. The Morgan fingerprint density at radius 1 is 1.17 bits per heavy atom. The van der Waals surface area contributed by atoms with E-state index in [1.54, 1.807) is 0 Å². The van der Waals surface area contributed by atoms with Gasteiger partial charge in [0, 0.05) is 12.1 Å². The lowest BCUT2D eigenvalue weighted by Gasteiger charge is -2.34. The second-order valence-electron chi connectivity index (χ2n) is 7.46. The van der Waals surface area contributed by atoms with Crippen molar-refractivity contribution in [2.45, 2.75) is 64.0 Å². The van der Waals surface area contributed by atoms with Crippen molar-refractivity contribution < 1.29 is 4.79 Å². The lowest BCUT2D eigenvalue weighted by atomic mass is 9.86. The molecule has 3 heteroatoms. The molecule has 0 aromatic heterocycles. The number of hydrogen-bond donors (Lipinski definition) is 1. The van der Waals surface area contributed by atoms with Gasteiger partial charge in [0.25, 0.3) is 0 Å². The summed E-state index contributed by atoms with van der Waals surface area (Å²) in [4.78, 5) is 14.7. The molecule has 0 aliphatic heterocycles. The smallest absolute Gasteiger partial charge is 0.234 e. The number of carbonyl (C=O) groups excluding carboxylic acids is 1. The molecule has 0 unspecified atom stereocenters. The highest BCUT2D eigenvalue weighted by Gasteiger charge is 2.27. The summed E-state index contributed by atoms with van der Waals surface area (Å²) in [7, 11) is 2.09. The molecule has 126 valence electrons. The van der Waals surface area contributed by atoms with E-state index in [0.29, 0.717) is 24.5 Å². The van der Waals surface area contributed by atoms with Gasteiger partial charge in [-0.25, -0.2) is 0 Å². The Bertz CT molecular complexity index is 542. The summed E-state index contributed by atoms with van der Waals surface area (Å²) in [5.41, 5.74) is 2.87. The van der Waals surface area contributed by atoms with Crippen LogP contribution in [0.4, 0.5) is 0 Å². The SMILES string of the molecule is C[C@H]1CCCC[C@@H]1NC(=O)CN(C)[C@@H]1CCCc2ccccc21. The van der Waals surface area contributed by atoms with Crippen LogP contribution in [0, 0.1) is 5.92 Å². The molecule has 23 heavy (non-hydrogen) atoms. The molecule has 0 spiro atoms. The topological polar surface area (TPSA) is 32.3 Å². The molecule has 0 radical (unpaired) electrons. The first kappa shape index (κ1) is 16.5. The fourth-order valence-corrected chi connectivity index (χ4v) is 4.31. The fourth-order valence-electron chi connectivity index (χ4n) is 4.31. The Hall–Kier alpha value is -1.35. The zero-order chi connectivity index (χ0) is 16.2. The first-order valence-electron chi connectivity index (χ1n) is 9.22. The maximum absolute atomic E-state index is 12.5. The van der Waals surface area contributed by atoms with Gasteiger partial charge in [-0.1, -0.05) is 44.0 Å². The molecular weight excluding hydrogens is 284 g/mol. The normalized spacial score (nSPS) is 27.5. The lowest BCUT2D eigenvalue weighted by molar-refractivity contribution is -0.123. The number of aryl methyl sites for hydroxylation is 1. The molecule has 2 aliphatic carbocycles. The largest absolute Gasteiger partial charge is 0.352 e. The molecule has 3 rings (SSSR count). The monoisotopic (exact) mass is 314 g/mol. The van der Waals surface area contributed by atoms with Gasteiger partial charge in [-0.2, -0.15) is 0 Å². The molecule has 1 fully saturated rings. The van der Waals surface area contributed by atoms with Gasteiger partial charge >= 0.3 is 0 Å². The predicted octanol–water partition coefficient (Wildman–Crippen LogP) is 3.69. The van der Waals surface area contributed by atoms with Crippen molar-refractivity contribution in [3.05, 3.63) is 35.4 Å². The number of benzene rings is 1. The van der Waals surface area contributed by atoms with E-state index in [1.165, 1.54) is 43.2 Å². The summed E-state index contributed by atoms with van der Waals surface area (Å²) < 4.78 is 0. The third-order valence-electron chi connectivity index (χ3n) is 5.72. The molecule has 0 heterocycles. The molecule has 1 amide bonds. The van der Waals surface area contributed by atoms with Crippen LogP contribution in [-0.4, -0.2) is 30.4 Å². The maximum Gasteiger partial charge on any atom is 0.234 e. The van der Waals surface area contributed by atoms with Crippen LogP contribution in [0.25, 0.3) is 0 Å². The van der Waals surface area contributed by atoms with Gasteiger partial charge in [0.2, 0.25) is 5.91 Å². The first-order valence-corrected chi connectivity index (χ1v) is 9.22. The number of nitrogens with one attached hydrogen (secondary N) is 1. The third-order valence-corrected chi connectivity index (χ3v) is 5.72. The van der Waals surface area contributed by atoms with Crippen LogP contribution in [0.1, 0.15) is 62.6 Å². The summed E-state index contributed by atoms with van der Waals surface area (Å²) in [5.74, 6) is 0.808. The summed E-state index contributed by atoms with van der Waals surface area (Å²) in [6.45, 7) is 2.77. The molecular formula is C20H30N2O. The van der Waals surface area contributed by atoms with Crippen molar-refractivity contribution >= 4 is 5.91 Å². The van der Waals surface area contributed by atoms with E-state index in [1.807, 2.05) is 0 Å². The number of amides is 1. The zero-order valence-corrected chi connectivity index (χ0v) is 14.6. The molecule has 3 nitrogen and oxygen atoms in total. The quantitative estimate of drug-likeness (QED) is 0.919. The molecule has 3 atom stereocenters. The first-order chi connectivity index (χ1) is 11.1. The predicted molar refractivity (Wildman–Crippen MR) is 94.3 cm³/mol. The number of nitrogens with zero attached hydrogens (tertiary/aromatic N) is 1. The van der Waals surface area contributed by atoms with E-state index in [4.69, 9.17) is 0 Å². The molecule has 0 bridgehead atoms. The van der Waals surface area contributed by atoms with E-state index in [2.05, 4.69) is 48.5 Å². The number of rotatable bonds is 4. The van der Waals surface area contributed by atoms with E-state index < -0.39 is 0 Å². The summed E-state index contributed by atoms with van der Waals surface area (Å²) in [5, 5.41) is 3.28. The van der Waals surface area contributed by atoms with Crippen molar-refractivity contribution in [2.75, 3.05) is 13.6 Å². The van der Waals surface area contributed by atoms with Crippen LogP contribution >= 0.6 is 0 Å². The Balaban J connectivity index is 1.59. The summed E-state index contributed by atoms with van der Waals surface area (Å²) >= 11 is 0. The van der Waals surface area contributed by atoms with Gasteiger partial charge in [-0.3, -0.25) is 9.69 Å². The third kappa shape index (κ3) is 3.95. The highest BCUT2D eigenvalue weighted by Crippen LogP contribution is 2.33. The van der Waals surface area contributed by atoms with E-state index in [9.17, 15) is 4.79 Å².